The lowest BCUT2D eigenvalue weighted by Crippen LogP contribution is -2.36. The molecule has 2 aromatic heterocycles. The van der Waals surface area contributed by atoms with E-state index in [1.54, 1.807) is 19.5 Å². The van der Waals surface area contributed by atoms with Crippen LogP contribution in [0.15, 0.2) is 58.3 Å². The summed E-state index contributed by atoms with van der Waals surface area (Å²) < 4.78 is 11.7. The predicted octanol–water partition coefficient (Wildman–Crippen LogP) is 4.85. The molecule has 0 aliphatic heterocycles. The molecule has 2 N–H and O–H groups in total. The van der Waals surface area contributed by atoms with Crippen molar-refractivity contribution in [2.75, 3.05) is 7.05 Å². The molecule has 0 atom stereocenters. The molecule has 1 aliphatic rings. The van der Waals surface area contributed by atoms with Crippen LogP contribution in [-0.4, -0.2) is 29.1 Å². The van der Waals surface area contributed by atoms with E-state index in [-0.39, 0.29) is 30.1 Å². The molecule has 0 saturated heterocycles. The fourth-order valence-electron chi connectivity index (χ4n) is 3.62. The molecule has 1 fully saturated rings. The number of halogens is 1. The number of nitrogens with zero attached hydrogens (tertiary/aromatic N) is 3. The summed E-state index contributed by atoms with van der Waals surface area (Å²) in [6.45, 7) is 3.14. The van der Waals surface area contributed by atoms with Crippen LogP contribution < -0.4 is 15.4 Å². The number of aryl methyl sites for hydroxylation is 1. The fraction of sp³-hybridized carbons (Fsp3) is 0.375. The van der Waals surface area contributed by atoms with Gasteiger partial charge in [0.15, 0.2) is 5.96 Å². The molecule has 4 rings (SSSR count). The molecule has 8 heteroatoms. The van der Waals surface area contributed by atoms with Crippen molar-refractivity contribution >= 4 is 29.9 Å². The monoisotopic (exact) mass is 547 g/mol. The summed E-state index contributed by atoms with van der Waals surface area (Å²) in [4.78, 5) is 13.3. The molecule has 0 unspecified atom stereocenters. The third kappa shape index (κ3) is 6.44. The Morgan fingerprint density at radius 2 is 1.88 bits per heavy atom. The SMILES string of the molecule is CN=C(NCc1coc(-c2ccc(C)cc2)n1)NCc1cccnc1OC1CCCC1.I. The van der Waals surface area contributed by atoms with Crippen LogP contribution in [0.1, 0.15) is 42.5 Å². The molecular weight excluding hydrogens is 517 g/mol. The lowest BCUT2D eigenvalue weighted by atomic mass is 10.1. The first-order valence-electron chi connectivity index (χ1n) is 10.8. The molecule has 32 heavy (non-hydrogen) atoms. The van der Waals surface area contributed by atoms with E-state index in [4.69, 9.17) is 9.15 Å². The highest BCUT2D eigenvalue weighted by atomic mass is 127. The minimum absolute atomic E-state index is 0. The number of nitrogens with one attached hydrogen (secondary N) is 2. The Morgan fingerprint density at radius 3 is 2.62 bits per heavy atom. The Balaban J connectivity index is 0.00000289. The van der Waals surface area contributed by atoms with E-state index < -0.39 is 0 Å². The van der Waals surface area contributed by atoms with Gasteiger partial charge in [-0.3, -0.25) is 4.99 Å². The number of benzene rings is 1. The Hall–Kier alpha value is -2.62. The molecule has 0 bridgehead atoms. The summed E-state index contributed by atoms with van der Waals surface area (Å²) in [7, 11) is 1.75. The zero-order valence-electron chi connectivity index (χ0n) is 18.5. The van der Waals surface area contributed by atoms with Crippen LogP contribution in [0.4, 0.5) is 0 Å². The van der Waals surface area contributed by atoms with Crippen molar-refractivity contribution in [2.45, 2.75) is 51.8 Å². The molecule has 1 saturated carbocycles. The van der Waals surface area contributed by atoms with Crippen LogP contribution in [0, 0.1) is 6.92 Å². The highest BCUT2D eigenvalue weighted by Crippen LogP contribution is 2.25. The maximum atomic E-state index is 6.12. The largest absolute Gasteiger partial charge is 0.474 e. The van der Waals surface area contributed by atoms with Gasteiger partial charge in [0.05, 0.1) is 12.2 Å². The minimum atomic E-state index is 0. The van der Waals surface area contributed by atoms with Gasteiger partial charge < -0.3 is 19.8 Å². The van der Waals surface area contributed by atoms with Gasteiger partial charge in [-0.2, -0.15) is 0 Å². The Bertz CT molecular complexity index is 1010. The van der Waals surface area contributed by atoms with Crippen molar-refractivity contribution in [3.63, 3.8) is 0 Å². The standard InChI is InChI=1S/C24H29N5O2.HI/c1-17-9-11-18(12-10-17)23-29-20(16-30-23)15-28-24(25-2)27-14-19-6-5-13-26-22(19)31-21-7-3-4-8-21;/h5-6,9-13,16,21H,3-4,7-8,14-15H2,1-2H3,(H2,25,27,28);1H. The summed E-state index contributed by atoms with van der Waals surface area (Å²) in [5, 5.41) is 6.60. The second kappa shape index (κ2) is 11.8. The van der Waals surface area contributed by atoms with Gasteiger partial charge in [0.1, 0.15) is 12.4 Å². The number of pyridine rings is 1. The molecule has 1 aliphatic carbocycles. The summed E-state index contributed by atoms with van der Waals surface area (Å²) in [5.41, 5.74) is 3.99. The average molecular weight is 547 g/mol. The molecule has 1 aromatic carbocycles. The molecule has 3 aromatic rings. The molecule has 2 heterocycles. The minimum Gasteiger partial charge on any atom is -0.474 e. The van der Waals surface area contributed by atoms with Gasteiger partial charge in [0, 0.05) is 30.9 Å². The van der Waals surface area contributed by atoms with Crippen molar-refractivity contribution in [3.8, 4) is 17.3 Å². The van der Waals surface area contributed by atoms with Crippen molar-refractivity contribution in [2.24, 2.45) is 4.99 Å². The summed E-state index contributed by atoms with van der Waals surface area (Å²) in [6.07, 6.45) is 8.40. The third-order valence-corrected chi connectivity index (χ3v) is 5.39. The van der Waals surface area contributed by atoms with E-state index in [1.165, 1.54) is 18.4 Å². The van der Waals surface area contributed by atoms with E-state index in [0.29, 0.717) is 30.8 Å². The smallest absolute Gasteiger partial charge is 0.226 e. The van der Waals surface area contributed by atoms with Crippen LogP contribution in [0.2, 0.25) is 0 Å². The van der Waals surface area contributed by atoms with Gasteiger partial charge in [0.2, 0.25) is 11.8 Å². The second-order valence-corrected chi connectivity index (χ2v) is 7.78. The molecule has 7 nitrogen and oxygen atoms in total. The normalized spacial score (nSPS) is 14.1. The molecular formula is C24H30IN5O2. The number of hydrogen-bond donors (Lipinski definition) is 2. The highest BCUT2D eigenvalue weighted by Gasteiger charge is 2.18. The van der Waals surface area contributed by atoms with Crippen molar-refractivity contribution in [1.29, 1.82) is 0 Å². The third-order valence-electron chi connectivity index (χ3n) is 5.39. The van der Waals surface area contributed by atoms with Crippen molar-refractivity contribution in [3.05, 3.63) is 65.7 Å². The second-order valence-electron chi connectivity index (χ2n) is 7.78. The Labute approximate surface area is 206 Å². The number of aliphatic imine (C=N–C) groups is 1. The van der Waals surface area contributed by atoms with Crippen LogP contribution in [0.25, 0.3) is 11.5 Å². The zero-order chi connectivity index (χ0) is 21.5. The lowest BCUT2D eigenvalue weighted by molar-refractivity contribution is 0.199. The van der Waals surface area contributed by atoms with Crippen LogP contribution in [0.3, 0.4) is 0 Å². The Morgan fingerprint density at radius 1 is 1.12 bits per heavy atom. The summed E-state index contributed by atoms with van der Waals surface area (Å²) in [5.74, 6) is 2.00. The lowest BCUT2D eigenvalue weighted by Gasteiger charge is -2.16. The fourth-order valence-corrected chi connectivity index (χ4v) is 3.62. The predicted molar refractivity (Wildman–Crippen MR) is 136 cm³/mol. The number of aromatic nitrogens is 2. The van der Waals surface area contributed by atoms with Gasteiger partial charge in [-0.25, -0.2) is 9.97 Å². The topological polar surface area (TPSA) is 84.6 Å². The van der Waals surface area contributed by atoms with Crippen molar-refractivity contribution < 1.29 is 9.15 Å². The first-order valence-corrected chi connectivity index (χ1v) is 10.8. The molecule has 0 amide bonds. The summed E-state index contributed by atoms with van der Waals surface area (Å²) in [6, 6.07) is 12.1. The first-order chi connectivity index (χ1) is 15.2. The molecule has 0 radical (unpaired) electrons. The number of hydrogen-bond acceptors (Lipinski definition) is 5. The first kappa shape index (κ1) is 24.0. The van der Waals surface area contributed by atoms with Gasteiger partial charge in [-0.05, 0) is 50.8 Å². The van der Waals surface area contributed by atoms with Gasteiger partial charge in [-0.15, -0.1) is 24.0 Å². The van der Waals surface area contributed by atoms with Crippen LogP contribution in [0.5, 0.6) is 5.88 Å². The quantitative estimate of drug-likeness (QED) is 0.250. The molecule has 0 spiro atoms. The average Bonchev–Trinajstić information content (AvgIpc) is 3.48. The van der Waals surface area contributed by atoms with Gasteiger partial charge >= 0.3 is 0 Å². The number of guanidine groups is 1. The number of rotatable bonds is 7. The number of ether oxygens (including phenoxy) is 1. The zero-order valence-corrected chi connectivity index (χ0v) is 20.8. The maximum absolute atomic E-state index is 6.12. The van der Waals surface area contributed by atoms with E-state index in [9.17, 15) is 0 Å². The highest BCUT2D eigenvalue weighted by molar-refractivity contribution is 14.0. The maximum Gasteiger partial charge on any atom is 0.226 e. The van der Waals surface area contributed by atoms with Gasteiger partial charge in [0.25, 0.3) is 0 Å². The van der Waals surface area contributed by atoms with Crippen molar-refractivity contribution in [1.82, 2.24) is 20.6 Å². The van der Waals surface area contributed by atoms with E-state index >= 15 is 0 Å². The van der Waals surface area contributed by atoms with Gasteiger partial charge in [-0.1, -0.05) is 23.8 Å². The summed E-state index contributed by atoms with van der Waals surface area (Å²) >= 11 is 0. The molecule has 170 valence electrons. The Kier molecular flexibility index (Phi) is 8.90. The van der Waals surface area contributed by atoms with E-state index in [2.05, 4.69) is 32.5 Å². The number of oxazole rings is 1. The van der Waals surface area contributed by atoms with E-state index in [0.717, 1.165) is 29.7 Å². The van der Waals surface area contributed by atoms with Crippen LogP contribution in [-0.2, 0) is 13.1 Å². The van der Waals surface area contributed by atoms with E-state index in [1.807, 2.05) is 36.4 Å². The van der Waals surface area contributed by atoms with Crippen LogP contribution >= 0.6 is 24.0 Å².